The second-order valence-corrected chi connectivity index (χ2v) is 6.04. The number of aromatic nitrogens is 4. The molecule has 1 N–H and O–H groups in total. The van der Waals surface area contributed by atoms with Crippen LogP contribution in [0.25, 0.3) is 22.3 Å². The molecule has 28 heavy (non-hydrogen) atoms. The van der Waals surface area contributed by atoms with Gasteiger partial charge >= 0.3 is 0 Å². The molecule has 0 saturated carbocycles. The molecule has 5 heteroatoms. The SMILES string of the molecule is CC.c1ccc(CCCNc2nc(-c3ccncc3)nc3cnccc23)cc1. The summed E-state index contributed by atoms with van der Waals surface area (Å²) in [5.41, 5.74) is 3.13. The summed E-state index contributed by atoms with van der Waals surface area (Å²) in [6.45, 7) is 4.85. The number of anilines is 1. The maximum absolute atomic E-state index is 4.74. The highest BCUT2D eigenvalue weighted by molar-refractivity contribution is 5.89. The van der Waals surface area contributed by atoms with Crippen LogP contribution in [0.4, 0.5) is 5.82 Å². The van der Waals surface area contributed by atoms with Gasteiger partial charge in [-0.25, -0.2) is 9.97 Å². The van der Waals surface area contributed by atoms with Crippen molar-refractivity contribution in [3.05, 3.63) is 78.9 Å². The molecule has 0 saturated heterocycles. The minimum Gasteiger partial charge on any atom is -0.369 e. The standard InChI is InChI=1S/C21H19N5.C2H6/c1-2-5-16(6-3-1)7-4-11-24-21-18-10-14-23-15-19(18)25-20(26-21)17-8-12-22-13-9-17;1-2/h1-3,5-6,8-10,12-15H,4,7,11H2,(H,24,25,26);1-2H3. The van der Waals surface area contributed by atoms with Crippen LogP contribution >= 0.6 is 0 Å². The van der Waals surface area contributed by atoms with E-state index in [1.807, 2.05) is 38.1 Å². The average molecular weight is 371 g/mol. The van der Waals surface area contributed by atoms with E-state index < -0.39 is 0 Å². The van der Waals surface area contributed by atoms with Crippen LogP contribution in [0.5, 0.6) is 0 Å². The highest BCUT2D eigenvalue weighted by Gasteiger charge is 2.09. The predicted octanol–water partition coefficient (Wildman–Crippen LogP) is 5.16. The Morgan fingerprint density at radius 2 is 1.57 bits per heavy atom. The molecule has 0 aliphatic carbocycles. The summed E-state index contributed by atoms with van der Waals surface area (Å²) in [7, 11) is 0. The van der Waals surface area contributed by atoms with E-state index in [0.29, 0.717) is 5.82 Å². The highest BCUT2D eigenvalue weighted by Crippen LogP contribution is 2.24. The third-order valence-corrected chi connectivity index (χ3v) is 4.22. The van der Waals surface area contributed by atoms with Crippen molar-refractivity contribution in [3.63, 3.8) is 0 Å². The zero-order chi connectivity index (χ0) is 19.6. The van der Waals surface area contributed by atoms with Crippen LogP contribution in [0, 0.1) is 0 Å². The lowest BCUT2D eigenvalue weighted by atomic mass is 10.1. The number of pyridine rings is 2. The number of hydrogen-bond donors (Lipinski definition) is 1. The summed E-state index contributed by atoms with van der Waals surface area (Å²) in [5, 5.41) is 4.46. The lowest BCUT2D eigenvalue weighted by molar-refractivity contribution is 0.860. The molecule has 0 amide bonds. The molecule has 0 fully saturated rings. The smallest absolute Gasteiger partial charge is 0.162 e. The lowest BCUT2D eigenvalue weighted by Gasteiger charge is -2.11. The Kier molecular flexibility index (Phi) is 7.01. The number of aryl methyl sites for hydroxylation is 1. The Hall–Kier alpha value is -3.34. The van der Waals surface area contributed by atoms with Gasteiger partial charge in [0.25, 0.3) is 0 Å². The van der Waals surface area contributed by atoms with Crippen LogP contribution in [0.2, 0.25) is 0 Å². The molecule has 142 valence electrons. The highest BCUT2D eigenvalue weighted by atomic mass is 15.0. The van der Waals surface area contributed by atoms with Gasteiger partial charge in [-0.15, -0.1) is 0 Å². The number of fused-ring (bicyclic) bond motifs is 1. The summed E-state index contributed by atoms with van der Waals surface area (Å²) in [5.74, 6) is 1.52. The first-order valence-electron chi connectivity index (χ1n) is 9.70. The molecule has 0 unspecified atom stereocenters. The van der Waals surface area contributed by atoms with Crippen LogP contribution in [0.3, 0.4) is 0 Å². The van der Waals surface area contributed by atoms with Crippen molar-refractivity contribution < 1.29 is 0 Å². The summed E-state index contributed by atoms with van der Waals surface area (Å²) >= 11 is 0. The van der Waals surface area contributed by atoms with E-state index in [-0.39, 0.29) is 0 Å². The minimum atomic E-state index is 0.679. The minimum absolute atomic E-state index is 0.679. The van der Waals surface area contributed by atoms with E-state index in [1.165, 1.54) is 5.56 Å². The van der Waals surface area contributed by atoms with Crippen molar-refractivity contribution in [2.45, 2.75) is 26.7 Å². The fourth-order valence-electron chi connectivity index (χ4n) is 2.89. The molecule has 0 spiro atoms. The summed E-state index contributed by atoms with van der Waals surface area (Å²) in [6, 6.07) is 16.3. The normalized spacial score (nSPS) is 10.2. The molecular formula is C23H25N5. The number of hydrogen-bond acceptors (Lipinski definition) is 5. The van der Waals surface area contributed by atoms with Gasteiger partial charge in [-0.05, 0) is 36.6 Å². The number of rotatable bonds is 6. The molecule has 1 aromatic carbocycles. The van der Waals surface area contributed by atoms with Crippen molar-refractivity contribution in [3.8, 4) is 11.4 Å². The van der Waals surface area contributed by atoms with E-state index in [0.717, 1.165) is 41.7 Å². The predicted molar refractivity (Wildman–Crippen MR) is 115 cm³/mol. The topological polar surface area (TPSA) is 63.6 Å². The average Bonchev–Trinajstić information content (AvgIpc) is 2.79. The number of nitrogens with one attached hydrogen (secondary N) is 1. The second kappa shape index (κ2) is 10.1. The van der Waals surface area contributed by atoms with Crippen molar-refractivity contribution in [1.82, 2.24) is 19.9 Å². The molecule has 0 radical (unpaired) electrons. The molecule has 3 aromatic heterocycles. The molecule has 3 heterocycles. The molecule has 4 rings (SSSR count). The van der Waals surface area contributed by atoms with E-state index in [2.05, 4.69) is 44.5 Å². The van der Waals surface area contributed by atoms with E-state index in [9.17, 15) is 0 Å². The Labute approximate surface area is 165 Å². The maximum atomic E-state index is 4.74. The van der Waals surface area contributed by atoms with Gasteiger partial charge < -0.3 is 5.32 Å². The van der Waals surface area contributed by atoms with Gasteiger partial charge in [0.05, 0.1) is 11.7 Å². The van der Waals surface area contributed by atoms with Crippen molar-refractivity contribution in [2.75, 3.05) is 11.9 Å². The van der Waals surface area contributed by atoms with Crippen molar-refractivity contribution >= 4 is 16.7 Å². The Balaban J connectivity index is 0.00000109. The maximum Gasteiger partial charge on any atom is 0.162 e. The van der Waals surface area contributed by atoms with Crippen LogP contribution in [0.15, 0.2) is 73.3 Å². The molecule has 0 bridgehead atoms. The third-order valence-electron chi connectivity index (χ3n) is 4.22. The summed E-state index contributed by atoms with van der Waals surface area (Å²) in [4.78, 5) is 17.6. The summed E-state index contributed by atoms with van der Waals surface area (Å²) < 4.78 is 0. The van der Waals surface area contributed by atoms with Crippen LogP contribution < -0.4 is 5.32 Å². The molecule has 4 aromatic rings. The molecule has 5 nitrogen and oxygen atoms in total. The zero-order valence-electron chi connectivity index (χ0n) is 16.3. The van der Waals surface area contributed by atoms with Gasteiger partial charge in [-0.1, -0.05) is 44.2 Å². The zero-order valence-corrected chi connectivity index (χ0v) is 16.3. The van der Waals surface area contributed by atoms with Crippen LogP contribution in [0.1, 0.15) is 25.8 Å². The first kappa shape index (κ1) is 19.4. The fourth-order valence-corrected chi connectivity index (χ4v) is 2.89. The monoisotopic (exact) mass is 371 g/mol. The van der Waals surface area contributed by atoms with Gasteiger partial charge in [0.1, 0.15) is 5.82 Å². The van der Waals surface area contributed by atoms with Crippen molar-refractivity contribution in [1.29, 1.82) is 0 Å². The molecule has 0 aliphatic heterocycles. The molecule has 0 aliphatic rings. The lowest BCUT2D eigenvalue weighted by Crippen LogP contribution is -2.07. The van der Waals surface area contributed by atoms with E-state index in [4.69, 9.17) is 4.98 Å². The number of nitrogens with zero attached hydrogens (tertiary/aromatic N) is 4. The Bertz CT molecular complexity index is 987. The van der Waals surface area contributed by atoms with Crippen LogP contribution in [-0.4, -0.2) is 26.5 Å². The first-order valence-corrected chi connectivity index (χ1v) is 9.70. The quantitative estimate of drug-likeness (QED) is 0.474. The van der Waals surface area contributed by atoms with Gasteiger partial charge in [-0.2, -0.15) is 0 Å². The third kappa shape index (κ3) is 4.88. The molecular weight excluding hydrogens is 346 g/mol. The largest absolute Gasteiger partial charge is 0.369 e. The Morgan fingerprint density at radius 3 is 2.36 bits per heavy atom. The van der Waals surface area contributed by atoms with Gasteiger partial charge in [-0.3, -0.25) is 9.97 Å². The fraction of sp³-hybridized carbons (Fsp3) is 0.217. The van der Waals surface area contributed by atoms with Gasteiger partial charge in [0.15, 0.2) is 5.82 Å². The molecule has 0 atom stereocenters. The van der Waals surface area contributed by atoms with Gasteiger partial charge in [0.2, 0.25) is 0 Å². The van der Waals surface area contributed by atoms with E-state index >= 15 is 0 Å². The first-order chi connectivity index (χ1) is 13.9. The summed E-state index contributed by atoms with van der Waals surface area (Å²) in [6.07, 6.45) is 9.11. The van der Waals surface area contributed by atoms with Gasteiger partial charge in [0, 0.05) is 36.1 Å². The number of benzene rings is 1. The Morgan fingerprint density at radius 1 is 0.821 bits per heavy atom. The second-order valence-electron chi connectivity index (χ2n) is 6.04. The van der Waals surface area contributed by atoms with Crippen LogP contribution in [-0.2, 0) is 6.42 Å². The van der Waals surface area contributed by atoms with E-state index in [1.54, 1.807) is 24.8 Å². The van der Waals surface area contributed by atoms with Crippen molar-refractivity contribution in [2.24, 2.45) is 0 Å².